The van der Waals surface area contributed by atoms with Crippen molar-refractivity contribution in [3.8, 4) is 27.7 Å². The normalized spacial score (nSPS) is 11.7. The van der Waals surface area contributed by atoms with E-state index in [2.05, 4.69) is 19.6 Å². The highest BCUT2D eigenvalue weighted by Gasteiger charge is 2.30. The first-order valence-electron chi connectivity index (χ1n) is 11.0. The first kappa shape index (κ1) is 26.9. The molecule has 8 nitrogen and oxygen atoms in total. The molecular formula is C24H21ClF3N3O5S. The minimum atomic E-state index is -4.42. The second kappa shape index (κ2) is 11.9. The van der Waals surface area contributed by atoms with Gasteiger partial charge in [0.25, 0.3) is 0 Å². The van der Waals surface area contributed by atoms with E-state index in [1.165, 1.54) is 23.5 Å². The fraction of sp³-hybridized carbons (Fsp3) is 0.292. The number of H-pyrrole nitrogens is 1. The van der Waals surface area contributed by atoms with Crippen LogP contribution in [0.1, 0.15) is 23.1 Å². The van der Waals surface area contributed by atoms with Gasteiger partial charge in [0.15, 0.2) is 5.82 Å². The first-order chi connectivity index (χ1) is 17.7. The highest BCUT2D eigenvalue weighted by molar-refractivity contribution is 7.15. The van der Waals surface area contributed by atoms with Gasteiger partial charge in [0.2, 0.25) is 0 Å². The molecule has 2 aromatic carbocycles. The van der Waals surface area contributed by atoms with E-state index in [0.717, 1.165) is 17.0 Å². The SMILES string of the molecule is CCOCCOCc1nc(-c2ccc(C(F)(F)F)cc2)sc1COc1ccc(-c2noc(=O)[nH]2)c(Cl)c1. The number of nitrogens with zero attached hydrogens (tertiary/aromatic N) is 2. The summed E-state index contributed by atoms with van der Waals surface area (Å²) in [6.45, 7) is 3.56. The zero-order valence-corrected chi connectivity index (χ0v) is 21.0. The Bertz CT molecular complexity index is 1390. The minimum Gasteiger partial charge on any atom is -0.488 e. The number of benzene rings is 2. The molecule has 37 heavy (non-hydrogen) atoms. The Kier molecular flexibility index (Phi) is 8.64. The molecule has 2 aromatic heterocycles. The third-order valence-electron chi connectivity index (χ3n) is 5.06. The van der Waals surface area contributed by atoms with Crippen LogP contribution in [0.2, 0.25) is 5.02 Å². The van der Waals surface area contributed by atoms with Crippen molar-refractivity contribution in [3.63, 3.8) is 0 Å². The lowest BCUT2D eigenvalue weighted by atomic mass is 10.1. The van der Waals surface area contributed by atoms with Crippen molar-refractivity contribution in [1.29, 1.82) is 0 Å². The van der Waals surface area contributed by atoms with Crippen LogP contribution in [0.4, 0.5) is 13.2 Å². The maximum absolute atomic E-state index is 12.9. The summed E-state index contributed by atoms with van der Waals surface area (Å²) in [5.41, 5.74) is 0.893. The van der Waals surface area contributed by atoms with Crippen LogP contribution in [-0.4, -0.2) is 34.9 Å². The van der Waals surface area contributed by atoms with Gasteiger partial charge in [-0.05, 0) is 37.3 Å². The Morgan fingerprint density at radius 3 is 2.49 bits per heavy atom. The van der Waals surface area contributed by atoms with Gasteiger partial charge in [0, 0.05) is 17.7 Å². The molecule has 196 valence electrons. The Hall–Kier alpha value is -3.19. The van der Waals surface area contributed by atoms with E-state index in [1.54, 1.807) is 18.2 Å². The molecule has 0 aliphatic rings. The van der Waals surface area contributed by atoms with Crippen LogP contribution in [-0.2, 0) is 28.9 Å². The lowest BCUT2D eigenvalue weighted by Gasteiger charge is -2.08. The van der Waals surface area contributed by atoms with E-state index >= 15 is 0 Å². The third kappa shape index (κ3) is 6.98. The summed E-state index contributed by atoms with van der Waals surface area (Å²) in [4.78, 5) is 19.0. The van der Waals surface area contributed by atoms with Crippen molar-refractivity contribution in [2.75, 3.05) is 19.8 Å². The predicted octanol–water partition coefficient (Wildman–Crippen LogP) is 5.96. The van der Waals surface area contributed by atoms with Crippen molar-refractivity contribution in [1.82, 2.24) is 15.1 Å². The van der Waals surface area contributed by atoms with Gasteiger partial charge in [-0.25, -0.2) is 9.78 Å². The van der Waals surface area contributed by atoms with Gasteiger partial charge in [-0.1, -0.05) is 28.9 Å². The largest absolute Gasteiger partial charge is 0.488 e. The molecule has 0 aliphatic heterocycles. The zero-order chi connectivity index (χ0) is 26.4. The van der Waals surface area contributed by atoms with Crippen molar-refractivity contribution < 1.29 is 31.9 Å². The standard InChI is InChI=1S/C24H21ClF3N3O5S/c1-2-33-9-10-34-12-19-20(37-22(29-19)14-3-5-15(6-4-14)24(26,27)28)13-35-16-7-8-17(18(25)11-16)21-30-23(32)36-31-21/h3-8,11H,2,9-10,12-13H2,1H3,(H,30,31,32). The molecule has 0 radical (unpaired) electrons. The lowest BCUT2D eigenvalue weighted by molar-refractivity contribution is -0.137. The molecule has 0 bridgehead atoms. The number of rotatable bonds is 11. The summed E-state index contributed by atoms with van der Waals surface area (Å²) >= 11 is 7.62. The van der Waals surface area contributed by atoms with Gasteiger partial charge in [0.1, 0.15) is 17.4 Å². The lowest BCUT2D eigenvalue weighted by Crippen LogP contribution is -2.06. The number of aromatic nitrogens is 3. The summed E-state index contributed by atoms with van der Waals surface area (Å²) < 4.78 is 60.2. The fourth-order valence-corrected chi connectivity index (χ4v) is 4.48. The van der Waals surface area contributed by atoms with Crippen LogP contribution in [0.15, 0.2) is 51.8 Å². The summed E-state index contributed by atoms with van der Waals surface area (Å²) in [5, 5.41) is 4.45. The molecule has 4 rings (SSSR count). The van der Waals surface area contributed by atoms with Crippen LogP contribution in [0.25, 0.3) is 22.0 Å². The maximum atomic E-state index is 12.9. The van der Waals surface area contributed by atoms with E-state index in [0.29, 0.717) is 47.4 Å². The van der Waals surface area contributed by atoms with Crippen LogP contribution in [0.5, 0.6) is 5.75 Å². The fourth-order valence-electron chi connectivity index (χ4n) is 3.24. The molecule has 0 saturated heterocycles. The topological polar surface area (TPSA) is 99.5 Å². The minimum absolute atomic E-state index is 0.124. The molecule has 0 spiro atoms. The van der Waals surface area contributed by atoms with Gasteiger partial charge in [-0.3, -0.25) is 9.51 Å². The summed E-state index contributed by atoms with van der Waals surface area (Å²) in [6.07, 6.45) is -4.42. The smallest absolute Gasteiger partial charge is 0.439 e. The van der Waals surface area contributed by atoms with Crippen molar-refractivity contribution >= 4 is 22.9 Å². The van der Waals surface area contributed by atoms with Crippen LogP contribution >= 0.6 is 22.9 Å². The van der Waals surface area contributed by atoms with Crippen molar-refractivity contribution in [2.45, 2.75) is 26.3 Å². The summed E-state index contributed by atoms with van der Waals surface area (Å²) in [6, 6.07) is 9.68. The van der Waals surface area contributed by atoms with E-state index in [1.807, 2.05) is 6.92 Å². The Balaban J connectivity index is 1.51. The van der Waals surface area contributed by atoms with Gasteiger partial charge < -0.3 is 14.2 Å². The highest BCUT2D eigenvalue weighted by Crippen LogP contribution is 2.34. The van der Waals surface area contributed by atoms with Gasteiger partial charge in [-0.15, -0.1) is 11.3 Å². The Labute approximate surface area is 218 Å². The molecule has 0 fully saturated rings. The Morgan fingerprint density at radius 2 is 1.84 bits per heavy atom. The first-order valence-corrected chi connectivity index (χ1v) is 12.2. The average Bonchev–Trinajstić information content (AvgIpc) is 3.48. The predicted molar refractivity (Wildman–Crippen MR) is 131 cm³/mol. The monoisotopic (exact) mass is 555 g/mol. The second-order valence-electron chi connectivity index (χ2n) is 7.59. The maximum Gasteiger partial charge on any atom is 0.439 e. The number of hydrogen-bond donors (Lipinski definition) is 1. The van der Waals surface area contributed by atoms with Gasteiger partial charge >= 0.3 is 11.9 Å². The number of alkyl halides is 3. The number of hydrogen-bond acceptors (Lipinski definition) is 8. The van der Waals surface area contributed by atoms with Crippen molar-refractivity contribution in [2.24, 2.45) is 0 Å². The number of aromatic amines is 1. The number of ether oxygens (including phenoxy) is 3. The Morgan fingerprint density at radius 1 is 1.08 bits per heavy atom. The molecule has 0 unspecified atom stereocenters. The number of thiazole rings is 1. The zero-order valence-electron chi connectivity index (χ0n) is 19.4. The van der Waals surface area contributed by atoms with Crippen LogP contribution in [0.3, 0.4) is 0 Å². The molecule has 0 atom stereocenters. The molecule has 2 heterocycles. The molecular weight excluding hydrogens is 535 g/mol. The quantitative estimate of drug-likeness (QED) is 0.228. The molecule has 0 aliphatic carbocycles. The molecule has 0 amide bonds. The van der Waals surface area contributed by atoms with Gasteiger partial charge in [0.05, 0.1) is 41.0 Å². The van der Waals surface area contributed by atoms with Crippen LogP contribution < -0.4 is 10.5 Å². The molecule has 0 saturated carbocycles. The molecule has 4 aromatic rings. The van der Waals surface area contributed by atoms with E-state index in [9.17, 15) is 18.0 Å². The van der Waals surface area contributed by atoms with E-state index < -0.39 is 17.5 Å². The van der Waals surface area contributed by atoms with Crippen molar-refractivity contribution in [3.05, 3.63) is 74.2 Å². The molecule has 13 heteroatoms. The average molecular weight is 556 g/mol. The van der Waals surface area contributed by atoms with E-state index in [-0.39, 0.29) is 24.1 Å². The summed E-state index contributed by atoms with van der Waals surface area (Å²) in [5.74, 6) is -0.0552. The highest BCUT2D eigenvalue weighted by atomic mass is 35.5. The third-order valence-corrected chi connectivity index (χ3v) is 6.49. The van der Waals surface area contributed by atoms with E-state index in [4.69, 9.17) is 25.8 Å². The molecule has 1 N–H and O–H groups in total. The summed E-state index contributed by atoms with van der Waals surface area (Å²) in [7, 11) is 0. The number of nitrogens with one attached hydrogen (secondary N) is 1. The van der Waals surface area contributed by atoms with Gasteiger partial charge in [-0.2, -0.15) is 13.2 Å². The second-order valence-corrected chi connectivity index (χ2v) is 9.08. The number of halogens is 4. The van der Waals surface area contributed by atoms with Crippen LogP contribution in [0, 0.1) is 0 Å².